The molecular weight excluding hydrogens is 416 g/mol. The molecule has 0 saturated carbocycles. The number of benzene rings is 2. The van der Waals surface area contributed by atoms with E-state index in [2.05, 4.69) is 15.4 Å². The molecule has 158 valence electrons. The third-order valence-corrected chi connectivity index (χ3v) is 6.18. The van der Waals surface area contributed by atoms with Gasteiger partial charge in [-0.15, -0.1) is 0 Å². The first-order valence-electron chi connectivity index (χ1n) is 9.99. The third kappa shape index (κ3) is 3.35. The minimum atomic E-state index is -0.336. The molecule has 1 aromatic heterocycles. The highest BCUT2D eigenvalue weighted by Crippen LogP contribution is 2.45. The number of halogens is 1. The van der Waals surface area contributed by atoms with E-state index in [0.29, 0.717) is 29.6 Å². The molecule has 7 nitrogen and oxygen atoms in total. The van der Waals surface area contributed by atoms with E-state index in [-0.39, 0.29) is 17.7 Å². The van der Waals surface area contributed by atoms with E-state index >= 15 is 0 Å². The molecule has 8 heteroatoms. The molecule has 2 aromatic carbocycles. The zero-order valence-corrected chi connectivity index (χ0v) is 17.9. The maximum absolute atomic E-state index is 13.5. The number of ether oxygens (including phenoxy) is 2. The number of anilines is 1. The number of nitrogens with zero attached hydrogens (tertiary/aromatic N) is 3. The summed E-state index contributed by atoms with van der Waals surface area (Å²) in [5.74, 6) is 2.12. The number of Topliss-reactive ketones (excluding diaryl/α,β-unsaturated/α-hetero) is 1. The summed E-state index contributed by atoms with van der Waals surface area (Å²) >= 11 is 6.09. The van der Waals surface area contributed by atoms with E-state index in [1.54, 1.807) is 18.9 Å². The monoisotopic (exact) mass is 436 g/mol. The summed E-state index contributed by atoms with van der Waals surface area (Å²) in [5, 5.41) is 8.36. The van der Waals surface area contributed by atoms with Gasteiger partial charge in [0.05, 0.1) is 14.2 Å². The van der Waals surface area contributed by atoms with Gasteiger partial charge in [0, 0.05) is 34.7 Å². The van der Waals surface area contributed by atoms with Crippen LogP contribution in [0.25, 0.3) is 0 Å². The highest BCUT2D eigenvalue weighted by atomic mass is 35.5. The Morgan fingerprint density at radius 2 is 1.90 bits per heavy atom. The number of carbonyl (C=O) groups excluding carboxylic acids is 1. The van der Waals surface area contributed by atoms with Crippen molar-refractivity contribution in [3.63, 3.8) is 0 Å². The van der Waals surface area contributed by atoms with Crippen molar-refractivity contribution >= 4 is 23.3 Å². The van der Waals surface area contributed by atoms with Gasteiger partial charge in [0.15, 0.2) is 5.78 Å². The molecule has 2 heterocycles. The highest BCUT2D eigenvalue weighted by Gasteiger charge is 2.39. The second kappa shape index (κ2) is 7.74. The average Bonchev–Trinajstić information content (AvgIpc) is 3.26. The Morgan fingerprint density at radius 1 is 1.10 bits per heavy atom. The Hall–Kier alpha value is -3.32. The highest BCUT2D eigenvalue weighted by molar-refractivity contribution is 6.30. The quantitative estimate of drug-likeness (QED) is 0.654. The van der Waals surface area contributed by atoms with E-state index in [1.165, 1.54) is 6.33 Å². The van der Waals surface area contributed by atoms with Crippen LogP contribution in [0.5, 0.6) is 11.5 Å². The largest absolute Gasteiger partial charge is 0.497 e. The first kappa shape index (κ1) is 19.6. The van der Waals surface area contributed by atoms with Gasteiger partial charge in [0.1, 0.15) is 23.9 Å². The van der Waals surface area contributed by atoms with Gasteiger partial charge >= 0.3 is 0 Å². The van der Waals surface area contributed by atoms with Crippen LogP contribution in [-0.4, -0.2) is 34.8 Å². The van der Waals surface area contributed by atoms with Crippen molar-refractivity contribution in [2.24, 2.45) is 0 Å². The molecule has 31 heavy (non-hydrogen) atoms. The minimum absolute atomic E-state index is 0.0139. The van der Waals surface area contributed by atoms with Gasteiger partial charge in [0.25, 0.3) is 0 Å². The molecule has 0 spiro atoms. The fourth-order valence-electron chi connectivity index (χ4n) is 4.48. The normalized spacial score (nSPS) is 20.0. The van der Waals surface area contributed by atoms with Crippen molar-refractivity contribution in [3.8, 4) is 11.5 Å². The van der Waals surface area contributed by atoms with Gasteiger partial charge in [0.2, 0.25) is 5.95 Å². The van der Waals surface area contributed by atoms with Gasteiger partial charge in [-0.2, -0.15) is 10.1 Å². The number of fused-ring (bicyclic) bond motifs is 1. The Balaban J connectivity index is 1.57. The van der Waals surface area contributed by atoms with Crippen molar-refractivity contribution in [1.29, 1.82) is 0 Å². The van der Waals surface area contributed by atoms with Crippen molar-refractivity contribution in [3.05, 3.63) is 76.2 Å². The first-order valence-corrected chi connectivity index (χ1v) is 10.4. The van der Waals surface area contributed by atoms with Crippen LogP contribution in [0, 0.1) is 0 Å². The van der Waals surface area contributed by atoms with Crippen molar-refractivity contribution < 1.29 is 14.3 Å². The number of methoxy groups -OCH3 is 2. The first-order chi connectivity index (χ1) is 15.1. The van der Waals surface area contributed by atoms with Gasteiger partial charge in [-0.1, -0.05) is 29.8 Å². The van der Waals surface area contributed by atoms with Gasteiger partial charge in [-0.25, -0.2) is 4.68 Å². The lowest BCUT2D eigenvalue weighted by Crippen LogP contribution is -2.33. The van der Waals surface area contributed by atoms with E-state index < -0.39 is 0 Å². The summed E-state index contributed by atoms with van der Waals surface area (Å²) in [5.41, 5.74) is 3.53. The van der Waals surface area contributed by atoms with Gasteiger partial charge < -0.3 is 14.8 Å². The van der Waals surface area contributed by atoms with E-state index in [4.69, 9.17) is 21.1 Å². The van der Waals surface area contributed by atoms with Crippen LogP contribution in [0.2, 0.25) is 5.02 Å². The topological polar surface area (TPSA) is 78.3 Å². The molecule has 0 saturated heterocycles. The van der Waals surface area contributed by atoms with Gasteiger partial charge in [-0.3, -0.25) is 4.79 Å². The zero-order chi connectivity index (χ0) is 21.5. The summed E-state index contributed by atoms with van der Waals surface area (Å²) in [6.45, 7) is 0. The SMILES string of the molecule is COc1ccc(C2CC(=O)C3=C(C2)Nc2ncnn2C3c2ccc(Cl)cc2)c(OC)c1. The summed E-state index contributed by atoms with van der Waals surface area (Å²) < 4.78 is 12.7. The van der Waals surface area contributed by atoms with Crippen LogP contribution in [0.3, 0.4) is 0 Å². The average molecular weight is 437 g/mol. The van der Waals surface area contributed by atoms with E-state index in [9.17, 15) is 4.79 Å². The molecule has 1 N–H and O–H groups in total. The molecule has 0 radical (unpaired) electrons. The zero-order valence-electron chi connectivity index (χ0n) is 17.1. The van der Waals surface area contributed by atoms with Crippen LogP contribution in [-0.2, 0) is 4.79 Å². The van der Waals surface area contributed by atoms with Crippen LogP contribution >= 0.6 is 11.6 Å². The van der Waals surface area contributed by atoms with Crippen LogP contribution in [0.15, 0.2) is 60.1 Å². The molecule has 2 unspecified atom stereocenters. The maximum Gasteiger partial charge on any atom is 0.226 e. The molecule has 0 amide bonds. The Morgan fingerprint density at radius 3 is 2.65 bits per heavy atom. The molecule has 1 aliphatic carbocycles. The predicted molar refractivity (Wildman–Crippen MR) is 117 cm³/mol. The summed E-state index contributed by atoms with van der Waals surface area (Å²) in [6.07, 6.45) is 2.55. The molecule has 0 fully saturated rings. The van der Waals surface area contributed by atoms with Crippen LogP contribution in [0.1, 0.15) is 35.9 Å². The van der Waals surface area contributed by atoms with E-state index in [1.807, 2.05) is 42.5 Å². The molecular formula is C23H21ClN4O3. The molecule has 3 aromatic rings. The number of hydrogen-bond acceptors (Lipinski definition) is 6. The lowest BCUT2D eigenvalue weighted by molar-refractivity contribution is -0.116. The predicted octanol–water partition coefficient (Wildman–Crippen LogP) is 4.36. The fraction of sp³-hybridized carbons (Fsp3) is 0.261. The summed E-state index contributed by atoms with van der Waals surface area (Å²) in [7, 11) is 3.25. The molecule has 1 aliphatic heterocycles. The number of carbonyl (C=O) groups is 1. The summed E-state index contributed by atoms with van der Waals surface area (Å²) in [6, 6.07) is 12.9. The number of rotatable bonds is 4. The van der Waals surface area contributed by atoms with Crippen LogP contribution < -0.4 is 14.8 Å². The van der Waals surface area contributed by atoms with Crippen molar-refractivity contribution in [2.45, 2.75) is 24.8 Å². The van der Waals surface area contributed by atoms with Crippen molar-refractivity contribution in [2.75, 3.05) is 19.5 Å². The number of aromatic nitrogens is 3. The Labute approximate surface area is 184 Å². The summed E-state index contributed by atoms with van der Waals surface area (Å²) in [4.78, 5) is 17.8. The number of hydrogen-bond donors (Lipinski definition) is 1. The maximum atomic E-state index is 13.5. The molecule has 5 rings (SSSR count). The second-order valence-electron chi connectivity index (χ2n) is 7.64. The molecule has 2 atom stereocenters. The number of ketones is 1. The minimum Gasteiger partial charge on any atom is -0.497 e. The van der Waals surface area contributed by atoms with Crippen LogP contribution in [0.4, 0.5) is 5.95 Å². The molecule has 0 bridgehead atoms. The fourth-order valence-corrected chi connectivity index (χ4v) is 4.61. The number of allylic oxidation sites excluding steroid dienone is 2. The van der Waals surface area contributed by atoms with E-state index in [0.717, 1.165) is 28.1 Å². The van der Waals surface area contributed by atoms with Crippen molar-refractivity contribution in [1.82, 2.24) is 14.8 Å². The smallest absolute Gasteiger partial charge is 0.226 e. The second-order valence-corrected chi connectivity index (χ2v) is 8.07. The lowest BCUT2D eigenvalue weighted by Gasteiger charge is -2.35. The van der Waals surface area contributed by atoms with Gasteiger partial charge in [-0.05, 0) is 35.7 Å². The molecule has 2 aliphatic rings. The lowest BCUT2D eigenvalue weighted by atomic mass is 9.77. The number of nitrogens with one attached hydrogen (secondary N) is 1. The Bertz CT molecular complexity index is 1190. The standard InChI is InChI=1S/C23H21ClN4O3/c1-30-16-7-8-17(20(11-16)31-2)14-9-18-21(19(29)10-14)22(13-3-5-15(24)6-4-13)28-23(27-18)25-12-26-28/h3-8,11-12,14,22H,9-10H2,1-2H3,(H,25,26,27). The third-order valence-electron chi connectivity index (χ3n) is 5.93. The Kier molecular flexibility index (Phi) is 4.90.